The van der Waals surface area contributed by atoms with Gasteiger partial charge in [-0.05, 0) is 37.1 Å². The Balaban J connectivity index is 2.58. The minimum absolute atomic E-state index is 0.0789. The first kappa shape index (κ1) is 17.0. The maximum atomic E-state index is 12.9. The van der Waals surface area contributed by atoms with Crippen molar-refractivity contribution >= 4 is 21.7 Å². The molecule has 0 heterocycles. The van der Waals surface area contributed by atoms with Gasteiger partial charge in [0.25, 0.3) is 10.0 Å². The molecule has 0 amide bonds. The van der Waals surface area contributed by atoms with Crippen molar-refractivity contribution in [1.82, 2.24) is 0 Å². The monoisotopic (exact) mass is 333 g/mol. The lowest BCUT2D eigenvalue weighted by molar-refractivity contribution is -0.135. The number of aliphatic carboxylic acids is 1. The molecule has 0 unspecified atom stereocenters. The fourth-order valence-corrected chi connectivity index (χ4v) is 3.77. The van der Waals surface area contributed by atoms with E-state index in [4.69, 9.17) is 5.11 Å². The number of nitrogens with zero attached hydrogens (tertiary/aromatic N) is 1. The van der Waals surface area contributed by atoms with E-state index in [1.165, 1.54) is 12.1 Å². The SMILES string of the molecule is CCc1ccccc1N(CC(=O)O)S(=O)(=O)c1ccc(C)cc1. The van der Waals surface area contributed by atoms with Gasteiger partial charge in [-0.2, -0.15) is 0 Å². The van der Waals surface area contributed by atoms with E-state index in [0.717, 1.165) is 15.4 Å². The molecule has 0 bridgehead atoms. The summed E-state index contributed by atoms with van der Waals surface area (Å²) in [4.78, 5) is 11.3. The van der Waals surface area contributed by atoms with Gasteiger partial charge in [0.1, 0.15) is 6.54 Å². The number of carbonyl (C=O) groups is 1. The predicted octanol–water partition coefficient (Wildman–Crippen LogP) is 2.84. The Labute approximate surface area is 136 Å². The molecule has 122 valence electrons. The summed E-state index contributed by atoms with van der Waals surface area (Å²) < 4.78 is 26.8. The average molecular weight is 333 g/mol. The summed E-state index contributed by atoms with van der Waals surface area (Å²) in [5.74, 6) is -1.20. The normalized spacial score (nSPS) is 11.2. The quantitative estimate of drug-likeness (QED) is 0.882. The Kier molecular flexibility index (Phi) is 5.05. The summed E-state index contributed by atoms with van der Waals surface area (Å²) in [6, 6.07) is 13.3. The molecule has 0 aliphatic heterocycles. The van der Waals surface area contributed by atoms with Gasteiger partial charge in [-0.1, -0.05) is 42.8 Å². The van der Waals surface area contributed by atoms with Crippen molar-refractivity contribution in [2.75, 3.05) is 10.8 Å². The highest BCUT2D eigenvalue weighted by Gasteiger charge is 2.28. The molecule has 23 heavy (non-hydrogen) atoms. The third kappa shape index (κ3) is 3.71. The van der Waals surface area contributed by atoms with Crippen LogP contribution in [0.1, 0.15) is 18.1 Å². The highest BCUT2D eigenvalue weighted by Crippen LogP contribution is 2.27. The molecular formula is C17H19NO4S. The van der Waals surface area contributed by atoms with Crippen LogP contribution in [0.15, 0.2) is 53.4 Å². The number of hydrogen-bond acceptors (Lipinski definition) is 3. The molecule has 6 heteroatoms. The number of para-hydroxylation sites is 1. The van der Waals surface area contributed by atoms with Crippen LogP contribution in [0, 0.1) is 6.92 Å². The Bertz CT molecular complexity index is 798. The zero-order valence-corrected chi connectivity index (χ0v) is 13.9. The van der Waals surface area contributed by atoms with Gasteiger partial charge in [0.05, 0.1) is 10.6 Å². The van der Waals surface area contributed by atoms with Crippen LogP contribution in [0.4, 0.5) is 5.69 Å². The number of aryl methyl sites for hydroxylation is 2. The fraction of sp³-hybridized carbons (Fsp3) is 0.235. The van der Waals surface area contributed by atoms with E-state index < -0.39 is 22.5 Å². The van der Waals surface area contributed by atoms with Gasteiger partial charge in [0, 0.05) is 0 Å². The number of sulfonamides is 1. The van der Waals surface area contributed by atoms with Crippen LogP contribution in [-0.2, 0) is 21.2 Å². The van der Waals surface area contributed by atoms with Crippen LogP contribution in [0.5, 0.6) is 0 Å². The Morgan fingerprint density at radius 3 is 2.26 bits per heavy atom. The summed E-state index contributed by atoms with van der Waals surface area (Å²) in [5.41, 5.74) is 2.12. The smallest absolute Gasteiger partial charge is 0.324 e. The number of benzene rings is 2. The molecule has 0 fully saturated rings. The van der Waals surface area contributed by atoms with Crippen molar-refractivity contribution in [3.05, 3.63) is 59.7 Å². The first-order valence-corrected chi connectivity index (χ1v) is 8.69. The molecule has 0 radical (unpaired) electrons. The molecule has 2 rings (SSSR count). The molecular weight excluding hydrogens is 314 g/mol. The second-order valence-electron chi connectivity index (χ2n) is 5.20. The van der Waals surface area contributed by atoms with E-state index >= 15 is 0 Å². The second kappa shape index (κ2) is 6.83. The molecule has 0 atom stereocenters. The number of hydrogen-bond donors (Lipinski definition) is 1. The first-order valence-electron chi connectivity index (χ1n) is 7.25. The Morgan fingerprint density at radius 1 is 1.09 bits per heavy atom. The van der Waals surface area contributed by atoms with Crippen LogP contribution in [0.3, 0.4) is 0 Å². The van der Waals surface area contributed by atoms with Crippen LogP contribution in [0.25, 0.3) is 0 Å². The summed E-state index contributed by atoms with van der Waals surface area (Å²) in [6.07, 6.45) is 0.607. The van der Waals surface area contributed by atoms with Crippen molar-refractivity contribution in [2.45, 2.75) is 25.2 Å². The summed E-state index contributed by atoms with van der Waals surface area (Å²) in [6.45, 7) is 3.14. The minimum atomic E-state index is -3.95. The van der Waals surface area contributed by atoms with E-state index in [9.17, 15) is 13.2 Å². The van der Waals surface area contributed by atoms with E-state index in [-0.39, 0.29) is 4.90 Å². The van der Waals surface area contributed by atoms with Crippen molar-refractivity contribution < 1.29 is 18.3 Å². The molecule has 2 aromatic rings. The van der Waals surface area contributed by atoms with Crippen LogP contribution in [-0.4, -0.2) is 26.0 Å². The lowest BCUT2D eigenvalue weighted by Gasteiger charge is -2.25. The van der Waals surface area contributed by atoms with Crippen LogP contribution >= 0.6 is 0 Å². The van der Waals surface area contributed by atoms with E-state index in [2.05, 4.69) is 0 Å². The van der Waals surface area contributed by atoms with Crippen molar-refractivity contribution in [1.29, 1.82) is 0 Å². The summed E-state index contributed by atoms with van der Waals surface area (Å²) in [7, 11) is -3.95. The molecule has 2 aromatic carbocycles. The molecule has 0 aliphatic rings. The summed E-state index contributed by atoms with van der Waals surface area (Å²) >= 11 is 0. The molecule has 0 saturated heterocycles. The van der Waals surface area contributed by atoms with Crippen molar-refractivity contribution in [2.24, 2.45) is 0 Å². The van der Waals surface area contributed by atoms with Crippen LogP contribution < -0.4 is 4.31 Å². The molecule has 5 nitrogen and oxygen atoms in total. The molecule has 0 aliphatic carbocycles. The topological polar surface area (TPSA) is 74.7 Å². The van der Waals surface area contributed by atoms with E-state index in [1.54, 1.807) is 36.4 Å². The zero-order valence-electron chi connectivity index (χ0n) is 13.1. The number of carboxylic acid groups (broad SMARTS) is 1. The van der Waals surface area contributed by atoms with E-state index in [0.29, 0.717) is 12.1 Å². The van der Waals surface area contributed by atoms with Gasteiger partial charge in [0.15, 0.2) is 0 Å². The predicted molar refractivity (Wildman–Crippen MR) is 89.2 cm³/mol. The fourth-order valence-electron chi connectivity index (χ4n) is 2.31. The third-order valence-electron chi connectivity index (χ3n) is 3.53. The average Bonchev–Trinajstić information content (AvgIpc) is 2.52. The lowest BCUT2D eigenvalue weighted by atomic mass is 10.1. The minimum Gasteiger partial charge on any atom is -0.480 e. The van der Waals surface area contributed by atoms with Crippen molar-refractivity contribution in [3.63, 3.8) is 0 Å². The maximum absolute atomic E-state index is 12.9. The van der Waals surface area contributed by atoms with Gasteiger partial charge in [-0.3, -0.25) is 9.10 Å². The van der Waals surface area contributed by atoms with Gasteiger partial charge in [0.2, 0.25) is 0 Å². The maximum Gasteiger partial charge on any atom is 0.324 e. The van der Waals surface area contributed by atoms with E-state index in [1.807, 2.05) is 13.8 Å². The summed E-state index contributed by atoms with van der Waals surface area (Å²) in [5, 5.41) is 9.16. The van der Waals surface area contributed by atoms with Crippen molar-refractivity contribution in [3.8, 4) is 0 Å². The number of carboxylic acids is 1. The standard InChI is InChI=1S/C17H19NO4S/c1-3-14-6-4-5-7-16(14)18(12-17(19)20)23(21,22)15-10-8-13(2)9-11-15/h4-11H,3,12H2,1-2H3,(H,19,20). The first-order chi connectivity index (χ1) is 10.9. The molecule has 1 N–H and O–H groups in total. The highest BCUT2D eigenvalue weighted by atomic mass is 32.2. The molecule has 0 aromatic heterocycles. The lowest BCUT2D eigenvalue weighted by Crippen LogP contribution is -2.36. The number of anilines is 1. The van der Waals surface area contributed by atoms with Gasteiger partial charge < -0.3 is 5.11 Å². The van der Waals surface area contributed by atoms with Gasteiger partial charge in [-0.25, -0.2) is 8.42 Å². The van der Waals surface area contributed by atoms with Gasteiger partial charge in [-0.15, -0.1) is 0 Å². The second-order valence-corrected chi connectivity index (χ2v) is 7.06. The third-order valence-corrected chi connectivity index (χ3v) is 5.30. The largest absolute Gasteiger partial charge is 0.480 e. The highest BCUT2D eigenvalue weighted by molar-refractivity contribution is 7.92. The number of rotatable bonds is 6. The zero-order chi connectivity index (χ0) is 17.0. The Hall–Kier alpha value is -2.34. The Morgan fingerprint density at radius 2 is 1.70 bits per heavy atom. The molecule has 0 spiro atoms. The van der Waals surface area contributed by atoms with Crippen LogP contribution in [0.2, 0.25) is 0 Å². The molecule has 0 saturated carbocycles. The van der Waals surface area contributed by atoms with Gasteiger partial charge >= 0.3 is 5.97 Å².